The minimum Gasteiger partial charge on any atom is -0.477 e. The van der Waals surface area contributed by atoms with E-state index >= 15 is 0 Å². The Kier molecular flexibility index (Phi) is 6.55. The summed E-state index contributed by atoms with van der Waals surface area (Å²) in [6, 6.07) is 19.0. The van der Waals surface area contributed by atoms with Crippen molar-refractivity contribution in [2.45, 2.75) is 24.5 Å². The van der Waals surface area contributed by atoms with Gasteiger partial charge in [0.15, 0.2) is 0 Å². The van der Waals surface area contributed by atoms with Crippen LogP contribution in [0, 0.1) is 0 Å². The number of alkyl carbamates (subject to hydrolysis) is 1. The van der Waals surface area contributed by atoms with Crippen molar-refractivity contribution < 1.29 is 29.6 Å². The normalized spacial score (nSPS) is 14.3. The summed E-state index contributed by atoms with van der Waals surface area (Å²) in [6.07, 6.45) is -2.88. The molecule has 4 N–H and O–H groups in total. The number of benzene rings is 2. The first-order valence-corrected chi connectivity index (χ1v) is 11.1. The van der Waals surface area contributed by atoms with Gasteiger partial charge in [-0.25, -0.2) is 9.59 Å². The summed E-state index contributed by atoms with van der Waals surface area (Å²) in [5.74, 6) is -1.12. The third-order valence-electron chi connectivity index (χ3n) is 5.55. The minimum atomic E-state index is -1.22. The van der Waals surface area contributed by atoms with E-state index in [4.69, 9.17) is 9.84 Å². The molecule has 7 nitrogen and oxygen atoms in total. The van der Waals surface area contributed by atoms with Crippen LogP contribution in [0.5, 0.6) is 0 Å². The van der Waals surface area contributed by atoms with Crippen LogP contribution in [0.1, 0.15) is 44.1 Å². The number of nitrogens with one attached hydrogen (secondary N) is 1. The van der Waals surface area contributed by atoms with Crippen molar-refractivity contribution in [1.82, 2.24) is 5.32 Å². The maximum atomic E-state index is 12.2. The number of fused-ring (bicyclic) bond motifs is 3. The molecular formula is C24H23NO6S. The second-order valence-corrected chi connectivity index (χ2v) is 8.68. The zero-order valence-electron chi connectivity index (χ0n) is 17.1. The van der Waals surface area contributed by atoms with Crippen molar-refractivity contribution in [2.75, 3.05) is 13.2 Å². The molecule has 0 bridgehead atoms. The maximum absolute atomic E-state index is 12.2. The maximum Gasteiger partial charge on any atom is 0.407 e. The van der Waals surface area contributed by atoms with Crippen molar-refractivity contribution in [3.63, 3.8) is 0 Å². The predicted octanol–water partition coefficient (Wildman–Crippen LogP) is 3.77. The lowest BCUT2D eigenvalue weighted by atomic mass is 9.98. The summed E-state index contributed by atoms with van der Waals surface area (Å²) >= 11 is 0.907. The monoisotopic (exact) mass is 453 g/mol. The number of thiophene rings is 1. The fourth-order valence-corrected chi connectivity index (χ4v) is 4.84. The number of aliphatic hydroxyl groups is 2. The van der Waals surface area contributed by atoms with Crippen molar-refractivity contribution >= 4 is 23.4 Å². The molecule has 32 heavy (non-hydrogen) atoms. The van der Waals surface area contributed by atoms with E-state index in [0.29, 0.717) is 4.88 Å². The minimum absolute atomic E-state index is 0.0391. The summed E-state index contributed by atoms with van der Waals surface area (Å²) in [4.78, 5) is 23.6. The highest BCUT2D eigenvalue weighted by Crippen LogP contribution is 2.44. The average molecular weight is 454 g/mol. The van der Waals surface area contributed by atoms with E-state index in [1.807, 2.05) is 36.4 Å². The Balaban J connectivity index is 1.27. The molecule has 4 rings (SSSR count). The molecule has 1 amide bonds. The van der Waals surface area contributed by atoms with E-state index in [9.17, 15) is 19.8 Å². The number of carbonyl (C=O) groups is 2. The van der Waals surface area contributed by atoms with Crippen LogP contribution in [0.2, 0.25) is 0 Å². The van der Waals surface area contributed by atoms with Gasteiger partial charge in [0.2, 0.25) is 0 Å². The summed E-state index contributed by atoms with van der Waals surface area (Å²) in [5, 5.41) is 31.9. The van der Waals surface area contributed by atoms with Crippen LogP contribution in [0.15, 0.2) is 60.7 Å². The first-order valence-electron chi connectivity index (χ1n) is 10.2. The first kappa shape index (κ1) is 22.0. The quantitative estimate of drug-likeness (QED) is 0.413. The smallest absolute Gasteiger partial charge is 0.407 e. The van der Waals surface area contributed by atoms with Gasteiger partial charge in [0.05, 0.1) is 6.10 Å². The van der Waals surface area contributed by atoms with Crippen molar-refractivity contribution in [3.05, 3.63) is 81.5 Å². The van der Waals surface area contributed by atoms with Crippen molar-refractivity contribution in [1.29, 1.82) is 0 Å². The van der Waals surface area contributed by atoms with E-state index in [2.05, 4.69) is 17.4 Å². The van der Waals surface area contributed by atoms with Crippen LogP contribution in [0.3, 0.4) is 0 Å². The zero-order valence-corrected chi connectivity index (χ0v) is 17.9. The number of rotatable bonds is 8. The molecule has 0 spiro atoms. The fraction of sp³-hybridized carbons (Fsp3) is 0.250. The van der Waals surface area contributed by atoms with Gasteiger partial charge < -0.3 is 25.4 Å². The SMILES string of the molecule is O=C(NCCC(O)C(O)c1ccc(C(=O)O)s1)OCC1c2ccccc2-c2ccccc21. The number of ether oxygens (including phenoxy) is 1. The zero-order chi connectivity index (χ0) is 22.7. The topological polar surface area (TPSA) is 116 Å². The number of carboxylic acids is 1. The first-order chi connectivity index (χ1) is 15.5. The number of aromatic carboxylic acids is 1. The second kappa shape index (κ2) is 9.52. The molecule has 0 aliphatic heterocycles. The van der Waals surface area contributed by atoms with E-state index < -0.39 is 24.3 Å². The van der Waals surface area contributed by atoms with Gasteiger partial charge in [0.1, 0.15) is 17.6 Å². The molecule has 1 aliphatic rings. The molecule has 1 aliphatic carbocycles. The van der Waals surface area contributed by atoms with Crippen molar-refractivity contribution in [2.24, 2.45) is 0 Å². The molecule has 0 saturated heterocycles. The van der Waals surface area contributed by atoms with Crippen LogP contribution in [0.4, 0.5) is 4.79 Å². The Labute approximate surface area is 188 Å². The van der Waals surface area contributed by atoms with Crippen LogP contribution < -0.4 is 5.32 Å². The van der Waals surface area contributed by atoms with Gasteiger partial charge in [-0.05, 0) is 40.8 Å². The number of carbonyl (C=O) groups excluding carboxylic acids is 1. The van der Waals surface area contributed by atoms with Gasteiger partial charge in [-0.15, -0.1) is 11.3 Å². The van der Waals surface area contributed by atoms with E-state index in [0.717, 1.165) is 33.6 Å². The number of aliphatic hydroxyl groups excluding tert-OH is 2. The van der Waals surface area contributed by atoms with Crippen LogP contribution in [-0.2, 0) is 4.74 Å². The Morgan fingerprint density at radius 3 is 2.19 bits per heavy atom. The standard InChI is InChI=1S/C24H23NO6S/c26-19(22(27)20-9-10-21(32-20)23(28)29)11-12-25-24(30)31-13-18-16-7-3-1-5-14(16)15-6-2-4-8-17(15)18/h1-10,18-19,22,26-27H,11-13H2,(H,25,30)(H,28,29). The Morgan fingerprint density at radius 1 is 0.969 bits per heavy atom. The molecule has 8 heteroatoms. The molecule has 2 aromatic carbocycles. The lowest BCUT2D eigenvalue weighted by Crippen LogP contribution is -2.30. The molecule has 1 aromatic heterocycles. The fourth-order valence-electron chi connectivity index (χ4n) is 3.95. The molecule has 1 heterocycles. The number of hydrogen-bond donors (Lipinski definition) is 4. The number of carboxylic acid groups (broad SMARTS) is 1. The molecule has 3 aromatic rings. The molecule has 0 saturated carbocycles. The molecule has 0 fully saturated rings. The van der Waals surface area contributed by atoms with E-state index in [1.54, 1.807) is 0 Å². The molecule has 2 atom stereocenters. The van der Waals surface area contributed by atoms with Gasteiger partial charge in [-0.3, -0.25) is 0 Å². The third-order valence-corrected chi connectivity index (χ3v) is 6.69. The second-order valence-electron chi connectivity index (χ2n) is 7.56. The van der Waals surface area contributed by atoms with E-state index in [-0.39, 0.29) is 30.4 Å². The Hall–Kier alpha value is -3.20. The van der Waals surface area contributed by atoms with Crippen LogP contribution in [-0.4, -0.2) is 46.6 Å². The molecule has 166 valence electrons. The highest BCUT2D eigenvalue weighted by atomic mass is 32.1. The number of hydrogen-bond acceptors (Lipinski definition) is 6. The summed E-state index contributed by atoms with van der Waals surface area (Å²) in [6.45, 7) is 0.296. The van der Waals surface area contributed by atoms with Crippen LogP contribution in [0.25, 0.3) is 11.1 Å². The van der Waals surface area contributed by atoms with Gasteiger partial charge in [-0.2, -0.15) is 0 Å². The largest absolute Gasteiger partial charge is 0.477 e. The lowest BCUT2D eigenvalue weighted by Gasteiger charge is -2.17. The molecule has 2 unspecified atom stereocenters. The summed E-state index contributed by atoms with van der Waals surface area (Å²) < 4.78 is 5.44. The average Bonchev–Trinajstić information content (AvgIpc) is 3.41. The van der Waals surface area contributed by atoms with Crippen LogP contribution >= 0.6 is 11.3 Å². The molecular weight excluding hydrogens is 430 g/mol. The molecule has 0 radical (unpaired) electrons. The Morgan fingerprint density at radius 2 is 1.59 bits per heavy atom. The van der Waals surface area contributed by atoms with E-state index in [1.165, 1.54) is 12.1 Å². The highest BCUT2D eigenvalue weighted by Gasteiger charge is 2.29. The highest BCUT2D eigenvalue weighted by molar-refractivity contribution is 7.14. The predicted molar refractivity (Wildman–Crippen MR) is 120 cm³/mol. The van der Waals surface area contributed by atoms with Gasteiger partial charge in [-0.1, -0.05) is 48.5 Å². The summed E-state index contributed by atoms with van der Waals surface area (Å²) in [5.41, 5.74) is 4.54. The lowest BCUT2D eigenvalue weighted by molar-refractivity contribution is 0.0158. The van der Waals surface area contributed by atoms with Gasteiger partial charge in [0, 0.05) is 17.3 Å². The Bertz CT molecular complexity index is 1080. The van der Waals surface area contributed by atoms with Gasteiger partial charge in [0.25, 0.3) is 0 Å². The number of amides is 1. The van der Waals surface area contributed by atoms with Crippen molar-refractivity contribution in [3.8, 4) is 11.1 Å². The third kappa shape index (κ3) is 4.52. The van der Waals surface area contributed by atoms with Gasteiger partial charge >= 0.3 is 12.1 Å². The summed E-state index contributed by atoms with van der Waals surface area (Å²) in [7, 11) is 0.